The molecular formula is C8H10N2O2. The molecule has 0 atom stereocenters. The second kappa shape index (κ2) is 3.71. The standard InChI is InChI=1S/C8H10N2O2/c1-2-12-8(11)6-4-3-5-7(9)10-6/h3-5H,2H2,1H3,(H2,9,10). The van der Waals surface area contributed by atoms with Gasteiger partial charge in [-0.15, -0.1) is 0 Å². The number of rotatable bonds is 2. The number of nitrogen functional groups attached to an aromatic ring is 1. The van der Waals surface area contributed by atoms with Crippen LogP contribution >= 0.6 is 0 Å². The number of aromatic nitrogens is 1. The molecule has 0 amide bonds. The topological polar surface area (TPSA) is 65.2 Å². The molecule has 0 fully saturated rings. The molecule has 4 heteroatoms. The van der Waals surface area contributed by atoms with Crippen molar-refractivity contribution >= 4 is 11.8 Å². The Bertz CT molecular complexity index is 286. The van der Waals surface area contributed by atoms with Gasteiger partial charge in [0.25, 0.3) is 0 Å². The van der Waals surface area contributed by atoms with Gasteiger partial charge >= 0.3 is 5.97 Å². The lowest BCUT2D eigenvalue weighted by Crippen LogP contribution is -2.07. The van der Waals surface area contributed by atoms with E-state index in [1.807, 2.05) is 0 Å². The monoisotopic (exact) mass is 166 g/mol. The van der Waals surface area contributed by atoms with Gasteiger partial charge < -0.3 is 10.5 Å². The zero-order valence-corrected chi connectivity index (χ0v) is 6.78. The van der Waals surface area contributed by atoms with Crippen molar-refractivity contribution in [3.05, 3.63) is 23.9 Å². The molecule has 1 aromatic heterocycles. The molecule has 0 aliphatic rings. The van der Waals surface area contributed by atoms with E-state index in [1.165, 1.54) is 0 Å². The lowest BCUT2D eigenvalue weighted by molar-refractivity contribution is 0.0519. The van der Waals surface area contributed by atoms with Crippen LogP contribution in [-0.2, 0) is 4.74 Å². The Balaban J connectivity index is 2.81. The van der Waals surface area contributed by atoms with Gasteiger partial charge in [-0.3, -0.25) is 0 Å². The summed E-state index contributed by atoms with van der Waals surface area (Å²) < 4.78 is 4.73. The maximum atomic E-state index is 11.1. The first-order chi connectivity index (χ1) is 5.74. The van der Waals surface area contributed by atoms with Crippen molar-refractivity contribution in [2.75, 3.05) is 12.3 Å². The fourth-order valence-corrected chi connectivity index (χ4v) is 0.770. The van der Waals surface area contributed by atoms with Crippen LogP contribution in [0.4, 0.5) is 5.82 Å². The van der Waals surface area contributed by atoms with Crippen molar-refractivity contribution < 1.29 is 9.53 Å². The summed E-state index contributed by atoms with van der Waals surface area (Å²) in [5.74, 6) is -0.120. The Kier molecular flexibility index (Phi) is 2.63. The van der Waals surface area contributed by atoms with Gasteiger partial charge in [0.05, 0.1) is 6.61 Å². The molecule has 1 rings (SSSR count). The molecule has 0 aliphatic carbocycles. The summed E-state index contributed by atoms with van der Waals surface area (Å²) >= 11 is 0. The van der Waals surface area contributed by atoms with Crippen molar-refractivity contribution in [3.8, 4) is 0 Å². The predicted molar refractivity (Wildman–Crippen MR) is 44.6 cm³/mol. The molecular weight excluding hydrogens is 156 g/mol. The van der Waals surface area contributed by atoms with E-state index in [2.05, 4.69) is 4.98 Å². The van der Waals surface area contributed by atoms with E-state index in [0.29, 0.717) is 12.4 Å². The molecule has 0 aromatic carbocycles. The van der Waals surface area contributed by atoms with Gasteiger partial charge in [-0.1, -0.05) is 6.07 Å². The second-order valence-electron chi connectivity index (χ2n) is 2.17. The number of esters is 1. The molecule has 0 spiro atoms. The fourth-order valence-electron chi connectivity index (χ4n) is 0.770. The summed E-state index contributed by atoms with van der Waals surface area (Å²) in [4.78, 5) is 14.9. The molecule has 0 aliphatic heterocycles. The number of carbonyl (C=O) groups excluding carboxylic acids is 1. The number of nitrogens with two attached hydrogens (primary N) is 1. The van der Waals surface area contributed by atoms with Crippen LogP contribution in [0.25, 0.3) is 0 Å². The smallest absolute Gasteiger partial charge is 0.356 e. The first kappa shape index (κ1) is 8.52. The lowest BCUT2D eigenvalue weighted by Gasteiger charge is -2.00. The Morgan fingerprint density at radius 3 is 3.00 bits per heavy atom. The minimum Gasteiger partial charge on any atom is -0.461 e. The van der Waals surface area contributed by atoms with Crippen LogP contribution in [0.1, 0.15) is 17.4 Å². The highest BCUT2D eigenvalue weighted by Gasteiger charge is 2.06. The highest BCUT2D eigenvalue weighted by Crippen LogP contribution is 2.01. The van der Waals surface area contributed by atoms with Gasteiger partial charge in [0.2, 0.25) is 0 Å². The van der Waals surface area contributed by atoms with Crippen molar-refractivity contribution in [2.24, 2.45) is 0 Å². The third-order valence-electron chi connectivity index (χ3n) is 1.26. The van der Waals surface area contributed by atoms with Gasteiger partial charge in [0, 0.05) is 0 Å². The summed E-state index contributed by atoms with van der Waals surface area (Å²) in [6.07, 6.45) is 0. The number of hydrogen-bond donors (Lipinski definition) is 1. The molecule has 0 saturated heterocycles. The molecule has 4 nitrogen and oxygen atoms in total. The van der Waals surface area contributed by atoms with Gasteiger partial charge in [0.15, 0.2) is 5.69 Å². The highest BCUT2D eigenvalue weighted by atomic mass is 16.5. The Morgan fingerprint density at radius 2 is 2.42 bits per heavy atom. The zero-order valence-electron chi connectivity index (χ0n) is 6.78. The third-order valence-corrected chi connectivity index (χ3v) is 1.26. The number of carbonyl (C=O) groups is 1. The van der Waals surface area contributed by atoms with Gasteiger partial charge in [-0.25, -0.2) is 9.78 Å². The highest BCUT2D eigenvalue weighted by molar-refractivity contribution is 5.87. The summed E-state index contributed by atoms with van der Waals surface area (Å²) in [5.41, 5.74) is 5.62. The minimum absolute atomic E-state index is 0.247. The summed E-state index contributed by atoms with van der Waals surface area (Å²) in [5, 5.41) is 0. The summed E-state index contributed by atoms with van der Waals surface area (Å²) in [7, 11) is 0. The van der Waals surface area contributed by atoms with Crippen molar-refractivity contribution in [1.82, 2.24) is 4.98 Å². The molecule has 64 valence electrons. The van der Waals surface area contributed by atoms with Crippen molar-refractivity contribution in [2.45, 2.75) is 6.92 Å². The molecule has 12 heavy (non-hydrogen) atoms. The number of hydrogen-bond acceptors (Lipinski definition) is 4. The normalized spacial score (nSPS) is 9.42. The van der Waals surface area contributed by atoms with Gasteiger partial charge in [-0.05, 0) is 19.1 Å². The number of ether oxygens (including phenoxy) is 1. The van der Waals surface area contributed by atoms with Crippen LogP contribution in [0.5, 0.6) is 0 Å². The quantitative estimate of drug-likeness (QED) is 0.661. The van der Waals surface area contributed by atoms with E-state index in [1.54, 1.807) is 25.1 Å². The number of pyridine rings is 1. The van der Waals surface area contributed by atoms with Crippen molar-refractivity contribution in [3.63, 3.8) is 0 Å². The minimum atomic E-state index is -0.440. The van der Waals surface area contributed by atoms with Crippen LogP contribution in [0, 0.1) is 0 Å². The molecule has 0 unspecified atom stereocenters. The average molecular weight is 166 g/mol. The van der Waals surface area contributed by atoms with Gasteiger partial charge in [0.1, 0.15) is 5.82 Å². The Hall–Kier alpha value is -1.58. The summed E-state index contributed by atoms with van der Waals surface area (Å²) in [6, 6.07) is 4.84. The average Bonchev–Trinajstić information content (AvgIpc) is 2.05. The molecule has 0 saturated carbocycles. The Morgan fingerprint density at radius 1 is 1.67 bits per heavy atom. The van der Waals surface area contributed by atoms with E-state index in [-0.39, 0.29) is 5.69 Å². The third kappa shape index (κ3) is 1.95. The largest absolute Gasteiger partial charge is 0.461 e. The van der Waals surface area contributed by atoms with E-state index in [9.17, 15) is 4.79 Å². The van der Waals surface area contributed by atoms with E-state index < -0.39 is 5.97 Å². The molecule has 1 heterocycles. The number of anilines is 1. The van der Waals surface area contributed by atoms with Crippen molar-refractivity contribution in [1.29, 1.82) is 0 Å². The summed E-state index contributed by atoms with van der Waals surface area (Å²) in [6.45, 7) is 2.08. The Labute approximate surface area is 70.4 Å². The predicted octanol–water partition coefficient (Wildman–Crippen LogP) is 0.841. The molecule has 0 radical (unpaired) electrons. The van der Waals surface area contributed by atoms with Crippen LogP contribution < -0.4 is 5.73 Å². The molecule has 1 aromatic rings. The van der Waals surface area contributed by atoms with E-state index in [0.717, 1.165) is 0 Å². The van der Waals surface area contributed by atoms with Crippen LogP contribution in [0.2, 0.25) is 0 Å². The first-order valence-electron chi connectivity index (χ1n) is 3.63. The maximum absolute atomic E-state index is 11.1. The lowest BCUT2D eigenvalue weighted by atomic mass is 10.3. The molecule has 0 bridgehead atoms. The van der Waals surface area contributed by atoms with Crippen LogP contribution in [0.15, 0.2) is 18.2 Å². The number of nitrogens with zero attached hydrogens (tertiary/aromatic N) is 1. The molecule has 2 N–H and O–H groups in total. The van der Waals surface area contributed by atoms with E-state index >= 15 is 0 Å². The maximum Gasteiger partial charge on any atom is 0.356 e. The van der Waals surface area contributed by atoms with Crippen LogP contribution in [-0.4, -0.2) is 17.6 Å². The van der Waals surface area contributed by atoms with E-state index in [4.69, 9.17) is 10.5 Å². The zero-order chi connectivity index (χ0) is 8.97. The van der Waals surface area contributed by atoms with Gasteiger partial charge in [-0.2, -0.15) is 0 Å². The first-order valence-corrected chi connectivity index (χ1v) is 3.63. The van der Waals surface area contributed by atoms with Crippen LogP contribution in [0.3, 0.4) is 0 Å². The fraction of sp³-hybridized carbons (Fsp3) is 0.250. The second-order valence-corrected chi connectivity index (χ2v) is 2.17. The SMILES string of the molecule is CCOC(=O)c1cccc(N)n1.